The lowest BCUT2D eigenvalue weighted by atomic mass is 10.3. The molecule has 1 aliphatic heterocycles. The highest BCUT2D eigenvalue weighted by molar-refractivity contribution is 5.45. The van der Waals surface area contributed by atoms with Gasteiger partial charge in [-0.25, -0.2) is 0 Å². The number of aromatic nitrogens is 2. The molecule has 1 aliphatic rings. The third-order valence-corrected chi connectivity index (χ3v) is 2.12. The summed E-state index contributed by atoms with van der Waals surface area (Å²) in [7, 11) is 3.95. The second kappa shape index (κ2) is 1.98. The highest BCUT2D eigenvalue weighted by atomic mass is 15.3. The van der Waals surface area contributed by atoms with Crippen molar-refractivity contribution in [2.24, 2.45) is 7.05 Å². The predicted molar refractivity (Wildman–Crippen MR) is 42.8 cm³/mol. The van der Waals surface area contributed by atoms with Crippen molar-refractivity contribution < 1.29 is 0 Å². The largest absolute Gasteiger partial charge is 0.384 e. The van der Waals surface area contributed by atoms with Gasteiger partial charge in [0.25, 0.3) is 0 Å². The third-order valence-electron chi connectivity index (χ3n) is 2.12. The molecule has 0 radical (unpaired) electrons. The van der Waals surface area contributed by atoms with Gasteiger partial charge in [-0.1, -0.05) is 0 Å². The summed E-state index contributed by atoms with van der Waals surface area (Å²) in [6.45, 7) is 1.87. The number of nitrogens with two attached hydrogens (primary N) is 1. The first-order valence-electron chi connectivity index (χ1n) is 3.67. The smallest absolute Gasteiger partial charge is 0.126 e. The van der Waals surface area contributed by atoms with Crippen molar-refractivity contribution >= 4 is 5.82 Å². The maximum absolute atomic E-state index is 5.79. The fourth-order valence-corrected chi connectivity index (χ4v) is 1.52. The van der Waals surface area contributed by atoms with Crippen molar-refractivity contribution in [3.05, 3.63) is 11.3 Å². The Morgan fingerprint density at radius 1 is 1.36 bits per heavy atom. The second-order valence-corrected chi connectivity index (χ2v) is 3.11. The molecule has 2 N–H and O–H groups in total. The SMILES string of the molecule is CN1Cc2nn(C)c(N)c2C1. The van der Waals surface area contributed by atoms with Gasteiger partial charge in [0, 0.05) is 25.7 Å². The normalized spacial score (nSPS) is 17.3. The fourth-order valence-electron chi connectivity index (χ4n) is 1.52. The van der Waals surface area contributed by atoms with Crippen LogP contribution in [0, 0.1) is 0 Å². The zero-order chi connectivity index (χ0) is 8.01. The van der Waals surface area contributed by atoms with E-state index in [0.29, 0.717) is 0 Å². The molecular formula is C7H12N4. The number of nitrogens with zero attached hydrogens (tertiary/aromatic N) is 3. The summed E-state index contributed by atoms with van der Waals surface area (Å²) in [5.74, 6) is 0.810. The number of hydrogen-bond acceptors (Lipinski definition) is 3. The molecule has 0 aliphatic carbocycles. The van der Waals surface area contributed by atoms with Crippen molar-refractivity contribution in [2.45, 2.75) is 13.1 Å². The Bertz CT molecular complexity index is 289. The lowest BCUT2D eigenvalue weighted by Crippen LogP contribution is -2.11. The topological polar surface area (TPSA) is 47.1 Å². The minimum Gasteiger partial charge on any atom is -0.384 e. The lowest BCUT2D eigenvalue weighted by molar-refractivity contribution is 0.347. The number of aryl methyl sites for hydroxylation is 1. The molecule has 1 aromatic rings. The van der Waals surface area contributed by atoms with Crippen LogP contribution in [0.3, 0.4) is 0 Å². The van der Waals surface area contributed by atoms with Gasteiger partial charge < -0.3 is 5.73 Å². The van der Waals surface area contributed by atoms with Gasteiger partial charge in [0.05, 0.1) is 5.69 Å². The summed E-state index contributed by atoms with van der Waals surface area (Å²) >= 11 is 0. The maximum atomic E-state index is 5.79. The second-order valence-electron chi connectivity index (χ2n) is 3.11. The Hall–Kier alpha value is -1.03. The van der Waals surface area contributed by atoms with Crippen molar-refractivity contribution in [1.82, 2.24) is 14.7 Å². The Morgan fingerprint density at radius 2 is 2.09 bits per heavy atom. The van der Waals surface area contributed by atoms with Crippen LogP contribution in [0.4, 0.5) is 5.82 Å². The first-order chi connectivity index (χ1) is 5.18. The first-order valence-corrected chi connectivity index (χ1v) is 3.67. The number of fused-ring (bicyclic) bond motifs is 1. The summed E-state index contributed by atoms with van der Waals surface area (Å²) in [5, 5.41) is 4.29. The van der Waals surface area contributed by atoms with Crippen LogP contribution in [0.25, 0.3) is 0 Å². The van der Waals surface area contributed by atoms with Crippen LogP contribution in [0.1, 0.15) is 11.3 Å². The highest BCUT2D eigenvalue weighted by Gasteiger charge is 2.22. The number of anilines is 1. The van der Waals surface area contributed by atoms with Crippen molar-refractivity contribution in [3.8, 4) is 0 Å². The highest BCUT2D eigenvalue weighted by Crippen LogP contribution is 2.24. The van der Waals surface area contributed by atoms with Crippen LogP contribution in [0.5, 0.6) is 0 Å². The van der Waals surface area contributed by atoms with Crippen LogP contribution in [-0.4, -0.2) is 21.7 Å². The number of nitrogen functional groups attached to an aromatic ring is 1. The maximum Gasteiger partial charge on any atom is 0.126 e. The van der Waals surface area contributed by atoms with E-state index in [-0.39, 0.29) is 0 Å². The zero-order valence-electron chi connectivity index (χ0n) is 6.83. The molecule has 0 aromatic carbocycles. The van der Waals surface area contributed by atoms with Gasteiger partial charge in [0.15, 0.2) is 0 Å². The molecule has 0 saturated heterocycles. The first kappa shape index (κ1) is 6.67. The molecule has 1 aromatic heterocycles. The van der Waals surface area contributed by atoms with Gasteiger partial charge in [-0.05, 0) is 7.05 Å². The Morgan fingerprint density at radius 3 is 2.73 bits per heavy atom. The quantitative estimate of drug-likeness (QED) is 0.567. The van der Waals surface area contributed by atoms with Crippen LogP contribution in [-0.2, 0) is 20.1 Å². The van der Waals surface area contributed by atoms with E-state index in [1.165, 1.54) is 5.56 Å². The predicted octanol–water partition coefficient (Wildman–Crippen LogP) is -0.0523. The molecule has 4 heteroatoms. The van der Waals surface area contributed by atoms with Crippen LogP contribution in [0.2, 0.25) is 0 Å². The molecule has 0 spiro atoms. The van der Waals surface area contributed by atoms with E-state index >= 15 is 0 Å². The number of hydrogen-bond donors (Lipinski definition) is 1. The molecule has 4 nitrogen and oxygen atoms in total. The van der Waals surface area contributed by atoms with E-state index in [2.05, 4.69) is 17.0 Å². The molecule has 0 atom stereocenters. The van der Waals surface area contributed by atoms with Crippen LogP contribution < -0.4 is 5.73 Å². The molecule has 2 heterocycles. The summed E-state index contributed by atoms with van der Waals surface area (Å²) in [6.07, 6.45) is 0. The monoisotopic (exact) mass is 152 g/mol. The summed E-state index contributed by atoms with van der Waals surface area (Å²) in [4.78, 5) is 2.20. The summed E-state index contributed by atoms with van der Waals surface area (Å²) < 4.78 is 1.75. The van der Waals surface area contributed by atoms with Gasteiger partial charge in [0.2, 0.25) is 0 Å². The van der Waals surface area contributed by atoms with Crippen LogP contribution >= 0.6 is 0 Å². The Kier molecular flexibility index (Phi) is 1.20. The molecule has 2 rings (SSSR count). The molecular weight excluding hydrogens is 140 g/mol. The molecule has 0 saturated carbocycles. The van der Waals surface area contributed by atoms with Crippen molar-refractivity contribution in [2.75, 3.05) is 12.8 Å². The summed E-state index contributed by atoms with van der Waals surface area (Å²) in [6, 6.07) is 0. The van der Waals surface area contributed by atoms with E-state index < -0.39 is 0 Å². The molecule has 0 unspecified atom stereocenters. The van der Waals surface area contributed by atoms with E-state index in [1.54, 1.807) is 4.68 Å². The fraction of sp³-hybridized carbons (Fsp3) is 0.571. The molecule has 0 amide bonds. The van der Waals surface area contributed by atoms with E-state index in [4.69, 9.17) is 5.73 Å². The van der Waals surface area contributed by atoms with E-state index in [9.17, 15) is 0 Å². The molecule has 11 heavy (non-hydrogen) atoms. The summed E-state index contributed by atoms with van der Waals surface area (Å²) in [5.41, 5.74) is 8.13. The van der Waals surface area contributed by atoms with Crippen molar-refractivity contribution in [3.63, 3.8) is 0 Å². The lowest BCUT2D eigenvalue weighted by Gasteiger charge is -2.05. The van der Waals surface area contributed by atoms with Crippen molar-refractivity contribution in [1.29, 1.82) is 0 Å². The Labute approximate surface area is 65.6 Å². The average molecular weight is 152 g/mol. The molecule has 0 fully saturated rings. The van der Waals surface area contributed by atoms with Gasteiger partial charge in [-0.2, -0.15) is 5.10 Å². The van der Waals surface area contributed by atoms with Gasteiger partial charge in [-0.3, -0.25) is 9.58 Å². The third kappa shape index (κ3) is 0.826. The number of rotatable bonds is 0. The standard InChI is InChI=1S/C7H12N4/c1-10-3-5-6(4-10)9-11(2)7(5)8/h3-4,8H2,1-2H3. The van der Waals surface area contributed by atoms with Gasteiger partial charge >= 0.3 is 0 Å². The minimum absolute atomic E-state index is 0.810. The van der Waals surface area contributed by atoms with E-state index in [0.717, 1.165) is 24.6 Å². The average Bonchev–Trinajstić information content (AvgIpc) is 2.37. The van der Waals surface area contributed by atoms with Gasteiger partial charge in [-0.15, -0.1) is 0 Å². The van der Waals surface area contributed by atoms with Gasteiger partial charge in [0.1, 0.15) is 5.82 Å². The molecule has 60 valence electrons. The Balaban J connectivity index is 2.48. The molecule has 0 bridgehead atoms. The minimum atomic E-state index is 0.810. The van der Waals surface area contributed by atoms with E-state index in [1.807, 2.05) is 7.05 Å². The van der Waals surface area contributed by atoms with Crippen LogP contribution in [0.15, 0.2) is 0 Å². The zero-order valence-corrected chi connectivity index (χ0v) is 6.83.